The van der Waals surface area contributed by atoms with Crippen LogP contribution < -0.4 is 4.90 Å². The topological polar surface area (TPSA) is 52.5 Å². The quantitative estimate of drug-likeness (QED) is 0.806. The third-order valence-electron chi connectivity index (χ3n) is 2.97. The van der Waals surface area contributed by atoms with Crippen LogP contribution in [-0.2, 0) is 6.61 Å². The van der Waals surface area contributed by atoms with Crippen molar-refractivity contribution in [3.8, 4) is 0 Å². The number of alkyl halides is 1. The van der Waals surface area contributed by atoms with E-state index in [1.54, 1.807) is 6.07 Å². The zero-order chi connectivity index (χ0) is 12.1. The fraction of sp³-hybridized carbons (Fsp3) is 0.636. The van der Waals surface area contributed by atoms with E-state index in [1.165, 1.54) is 6.33 Å². The number of hydrogen-bond donors (Lipinski definition) is 1. The number of aliphatic hydroxyl groups is 1. The number of aliphatic hydroxyl groups excluding tert-OH is 1. The molecule has 0 aromatic carbocycles. The molecule has 2 heterocycles. The summed E-state index contributed by atoms with van der Waals surface area (Å²) in [6.45, 7) is 3.52. The Morgan fingerprint density at radius 2 is 2.00 bits per heavy atom. The molecule has 0 amide bonds. The SMILES string of the molecule is OCc1cc(N2CCN(CCF)CC2)ncn1. The Morgan fingerprint density at radius 1 is 1.24 bits per heavy atom. The summed E-state index contributed by atoms with van der Waals surface area (Å²) in [5.41, 5.74) is 0.626. The lowest BCUT2D eigenvalue weighted by Crippen LogP contribution is -2.47. The van der Waals surface area contributed by atoms with Gasteiger partial charge >= 0.3 is 0 Å². The van der Waals surface area contributed by atoms with Gasteiger partial charge in [0.1, 0.15) is 18.8 Å². The molecule has 1 aliphatic heterocycles. The van der Waals surface area contributed by atoms with Crippen molar-refractivity contribution < 1.29 is 9.50 Å². The van der Waals surface area contributed by atoms with Gasteiger partial charge in [-0.3, -0.25) is 4.90 Å². The van der Waals surface area contributed by atoms with Gasteiger partial charge in [-0.25, -0.2) is 14.4 Å². The van der Waals surface area contributed by atoms with E-state index in [-0.39, 0.29) is 13.3 Å². The number of anilines is 1. The van der Waals surface area contributed by atoms with Crippen molar-refractivity contribution in [2.75, 3.05) is 44.3 Å². The van der Waals surface area contributed by atoms with Gasteiger partial charge in [0.25, 0.3) is 0 Å². The van der Waals surface area contributed by atoms with Gasteiger partial charge in [-0.2, -0.15) is 0 Å². The smallest absolute Gasteiger partial charge is 0.132 e. The summed E-state index contributed by atoms with van der Waals surface area (Å²) < 4.78 is 12.2. The third-order valence-corrected chi connectivity index (χ3v) is 2.97. The minimum absolute atomic E-state index is 0.0721. The Bertz CT molecular complexity index is 355. The van der Waals surface area contributed by atoms with Gasteiger partial charge in [0.2, 0.25) is 0 Å². The van der Waals surface area contributed by atoms with E-state index in [4.69, 9.17) is 5.11 Å². The van der Waals surface area contributed by atoms with E-state index in [9.17, 15) is 4.39 Å². The molecule has 0 radical (unpaired) electrons. The highest BCUT2D eigenvalue weighted by Gasteiger charge is 2.17. The summed E-state index contributed by atoms with van der Waals surface area (Å²) in [5, 5.41) is 9.01. The molecule has 94 valence electrons. The Hall–Kier alpha value is -1.27. The normalized spacial score (nSPS) is 17.4. The molecule has 1 aromatic heterocycles. The summed E-state index contributed by atoms with van der Waals surface area (Å²) in [6.07, 6.45) is 1.47. The van der Waals surface area contributed by atoms with Crippen LogP contribution in [-0.4, -0.2) is 59.4 Å². The maximum absolute atomic E-state index is 12.2. The van der Waals surface area contributed by atoms with E-state index in [2.05, 4.69) is 19.8 Å². The molecule has 0 aliphatic carbocycles. The summed E-state index contributed by atoms with van der Waals surface area (Å²) >= 11 is 0. The predicted octanol–water partition coefficient (Wildman–Crippen LogP) is 0.0604. The molecule has 1 aromatic rings. The number of aromatic nitrogens is 2. The minimum Gasteiger partial charge on any atom is -0.390 e. The molecular formula is C11H17FN4O. The van der Waals surface area contributed by atoms with E-state index < -0.39 is 0 Å². The summed E-state index contributed by atoms with van der Waals surface area (Å²) in [6, 6.07) is 1.80. The second kappa shape index (κ2) is 5.88. The van der Waals surface area contributed by atoms with Gasteiger partial charge < -0.3 is 10.0 Å². The average molecular weight is 240 g/mol. The molecule has 5 nitrogen and oxygen atoms in total. The number of rotatable bonds is 4. The highest BCUT2D eigenvalue weighted by atomic mass is 19.1. The second-order valence-corrected chi connectivity index (χ2v) is 4.04. The van der Waals surface area contributed by atoms with Crippen LogP contribution >= 0.6 is 0 Å². The number of piperazine rings is 1. The minimum atomic E-state index is -0.290. The predicted molar refractivity (Wildman–Crippen MR) is 62.6 cm³/mol. The zero-order valence-corrected chi connectivity index (χ0v) is 9.72. The molecule has 6 heteroatoms. The standard InChI is InChI=1S/C11H17FN4O/c12-1-2-15-3-5-16(6-4-15)11-7-10(8-17)13-9-14-11/h7,9,17H,1-6,8H2. The first kappa shape index (κ1) is 12.2. The van der Waals surface area contributed by atoms with Gasteiger partial charge in [-0.1, -0.05) is 0 Å². The van der Waals surface area contributed by atoms with Crippen LogP contribution in [0, 0.1) is 0 Å². The lowest BCUT2D eigenvalue weighted by Gasteiger charge is -2.34. The van der Waals surface area contributed by atoms with Crippen molar-refractivity contribution >= 4 is 5.82 Å². The summed E-state index contributed by atoms with van der Waals surface area (Å²) in [4.78, 5) is 12.4. The molecule has 1 N–H and O–H groups in total. The Morgan fingerprint density at radius 3 is 2.65 bits per heavy atom. The van der Waals surface area contributed by atoms with Crippen molar-refractivity contribution in [2.24, 2.45) is 0 Å². The molecule has 0 saturated carbocycles. The van der Waals surface area contributed by atoms with Gasteiger partial charge in [0, 0.05) is 38.8 Å². The fourth-order valence-corrected chi connectivity index (χ4v) is 1.97. The zero-order valence-electron chi connectivity index (χ0n) is 9.72. The maximum atomic E-state index is 12.2. The second-order valence-electron chi connectivity index (χ2n) is 4.04. The fourth-order valence-electron chi connectivity index (χ4n) is 1.97. The Labute approximate surface area is 99.9 Å². The average Bonchev–Trinajstić information content (AvgIpc) is 2.40. The van der Waals surface area contributed by atoms with Crippen LogP contribution in [0.3, 0.4) is 0 Å². The van der Waals surface area contributed by atoms with Gasteiger partial charge in [0.05, 0.1) is 12.3 Å². The van der Waals surface area contributed by atoms with E-state index in [1.807, 2.05) is 0 Å². The van der Waals surface area contributed by atoms with E-state index in [0.29, 0.717) is 12.2 Å². The molecule has 1 saturated heterocycles. The lowest BCUT2D eigenvalue weighted by atomic mass is 10.3. The molecule has 2 rings (SSSR count). The van der Waals surface area contributed by atoms with E-state index >= 15 is 0 Å². The van der Waals surface area contributed by atoms with Crippen molar-refractivity contribution in [3.05, 3.63) is 18.1 Å². The lowest BCUT2D eigenvalue weighted by molar-refractivity contribution is 0.235. The van der Waals surface area contributed by atoms with Crippen LogP contribution in [0.15, 0.2) is 12.4 Å². The summed E-state index contributed by atoms with van der Waals surface area (Å²) in [5.74, 6) is 0.837. The Kier molecular flexibility index (Phi) is 4.22. The van der Waals surface area contributed by atoms with Crippen molar-refractivity contribution in [2.45, 2.75) is 6.61 Å². The van der Waals surface area contributed by atoms with Crippen LogP contribution in [0.5, 0.6) is 0 Å². The summed E-state index contributed by atoms with van der Waals surface area (Å²) in [7, 11) is 0. The van der Waals surface area contributed by atoms with Crippen LogP contribution in [0.1, 0.15) is 5.69 Å². The number of halogens is 1. The molecule has 0 bridgehead atoms. The van der Waals surface area contributed by atoms with Crippen molar-refractivity contribution in [3.63, 3.8) is 0 Å². The molecule has 0 unspecified atom stereocenters. The van der Waals surface area contributed by atoms with Crippen LogP contribution in [0.4, 0.5) is 10.2 Å². The van der Waals surface area contributed by atoms with Crippen LogP contribution in [0.25, 0.3) is 0 Å². The number of nitrogens with zero attached hydrogens (tertiary/aromatic N) is 4. The number of hydrogen-bond acceptors (Lipinski definition) is 5. The molecule has 1 aliphatic rings. The van der Waals surface area contributed by atoms with E-state index in [0.717, 1.165) is 32.0 Å². The Balaban J connectivity index is 1.95. The first-order valence-corrected chi connectivity index (χ1v) is 5.78. The van der Waals surface area contributed by atoms with Crippen molar-refractivity contribution in [1.29, 1.82) is 0 Å². The first-order chi connectivity index (χ1) is 8.33. The highest BCUT2D eigenvalue weighted by molar-refractivity contribution is 5.39. The molecular weight excluding hydrogens is 223 g/mol. The van der Waals surface area contributed by atoms with Crippen molar-refractivity contribution in [1.82, 2.24) is 14.9 Å². The first-order valence-electron chi connectivity index (χ1n) is 5.78. The molecule has 17 heavy (non-hydrogen) atoms. The molecule has 1 fully saturated rings. The largest absolute Gasteiger partial charge is 0.390 e. The van der Waals surface area contributed by atoms with Gasteiger partial charge in [-0.05, 0) is 0 Å². The molecule has 0 atom stereocenters. The van der Waals surface area contributed by atoms with Crippen LogP contribution in [0.2, 0.25) is 0 Å². The third kappa shape index (κ3) is 3.10. The molecule has 0 spiro atoms. The monoisotopic (exact) mass is 240 g/mol. The maximum Gasteiger partial charge on any atom is 0.132 e. The highest BCUT2D eigenvalue weighted by Crippen LogP contribution is 2.13. The van der Waals surface area contributed by atoms with Gasteiger partial charge in [-0.15, -0.1) is 0 Å². The van der Waals surface area contributed by atoms with Gasteiger partial charge in [0.15, 0.2) is 0 Å².